The number of rotatable bonds is 1. The molecule has 0 amide bonds. The average molecular weight is 321 g/mol. The Morgan fingerprint density at radius 2 is 2.12 bits per heavy atom. The highest BCUT2D eigenvalue weighted by molar-refractivity contribution is 5.95. The van der Waals surface area contributed by atoms with Gasteiger partial charge in [0.25, 0.3) is 0 Å². The van der Waals surface area contributed by atoms with Gasteiger partial charge in [0, 0.05) is 18.0 Å². The van der Waals surface area contributed by atoms with Crippen LogP contribution in [-0.2, 0) is 4.74 Å². The summed E-state index contributed by atoms with van der Waals surface area (Å²) in [6.07, 6.45) is 6.47. The van der Waals surface area contributed by atoms with E-state index in [0.717, 1.165) is 18.4 Å². The summed E-state index contributed by atoms with van der Waals surface area (Å²) in [5.74, 6) is 0.130. The van der Waals surface area contributed by atoms with Crippen LogP contribution in [0.15, 0.2) is 46.7 Å². The van der Waals surface area contributed by atoms with Gasteiger partial charge in [0.15, 0.2) is 0 Å². The number of esters is 1. The molecule has 1 unspecified atom stereocenters. The molecule has 2 aliphatic carbocycles. The Kier molecular flexibility index (Phi) is 3.24. The number of hydrogen-bond donors (Lipinski definition) is 1. The number of carbonyl (C=O) groups is 1. The zero-order valence-electron chi connectivity index (χ0n) is 14.7. The standard InChI is InChI=1S/C21H23NO2/c1-12-11-21(2,3)22-19-9-13-8-18-14(17(13)10-16(12)19)6-5-7-15(18)20(23)24-4/h5-8,11,17,22H,9-10H2,1-4H3. The van der Waals surface area contributed by atoms with Gasteiger partial charge in [-0.3, -0.25) is 0 Å². The van der Waals surface area contributed by atoms with E-state index in [9.17, 15) is 4.79 Å². The molecule has 1 N–H and O–H groups in total. The predicted molar refractivity (Wildman–Crippen MR) is 95.7 cm³/mol. The summed E-state index contributed by atoms with van der Waals surface area (Å²) in [5, 5.41) is 3.68. The Hall–Kier alpha value is -2.29. The first kappa shape index (κ1) is 15.3. The number of allylic oxidation sites excluding steroid dienone is 3. The molecule has 0 saturated heterocycles. The second-order valence-electron chi connectivity index (χ2n) is 7.58. The third kappa shape index (κ3) is 2.22. The highest BCUT2D eigenvalue weighted by atomic mass is 16.5. The van der Waals surface area contributed by atoms with Crippen molar-refractivity contribution >= 4 is 12.0 Å². The summed E-state index contributed by atoms with van der Waals surface area (Å²) in [4.78, 5) is 12.1. The maximum absolute atomic E-state index is 12.1. The molecule has 1 atom stereocenters. The fourth-order valence-corrected chi connectivity index (χ4v) is 4.45. The number of ether oxygens (including phenoxy) is 1. The van der Waals surface area contributed by atoms with Crippen LogP contribution in [0.4, 0.5) is 0 Å². The van der Waals surface area contributed by atoms with Crippen molar-refractivity contribution in [1.82, 2.24) is 5.32 Å². The summed E-state index contributed by atoms with van der Waals surface area (Å²) >= 11 is 0. The normalized spacial score (nSPS) is 23.4. The zero-order chi connectivity index (χ0) is 17.1. The highest BCUT2D eigenvalue weighted by Crippen LogP contribution is 2.49. The van der Waals surface area contributed by atoms with Crippen molar-refractivity contribution in [2.45, 2.75) is 45.1 Å². The van der Waals surface area contributed by atoms with Gasteiger partial charge in [0.1, 0.15) is 0 Å². The van der Waals surface area contributed by atoms with Crippen molar-refractivity contribution in [3.05, 3.63) is 63.4 Å². The van der Waals surface area contributed by atoms with Crippen molar-refractivity contribution in [3.63, 3.8) is 0 Å². The lowest BCUT2D eigenvalue weighted by molar-refractivity contribution is 0.0600. The van der Waals surface area contributed by atoms with Gasteiger partial charge in [-0.1, -0.05) is 29.9 Å². The Balaban J connectivity index is 1.76. The molecule has 0 bridgehead atoms. The molecule has 24 heavy (non-hydrogen) atoms. The fourth-order valence-electron chi connectivity index (χ4n) is 4.45. The molecule has 1 heterocycles. The Morgan fingerprint density at radius 1 is 1.33 bits per heavy atom. The lowest BCUT2D eigenvalue weighted by Crippen LogP contribution is -2.41. The molecular formula is C21H23NO2. The third-order valence-corrected chi connectivity index (χ3v) is 5.38. The van der Waals surface area contributed by atoms with Crippen LogP contribution in [0.2, 0.25) is 0 Å². The predicted octanol–water partition coefficient (Wildman–Crippen LogP) is 4.33. The van der Waals surface area contributed by atoms with Gasteiger partial charge in [0.05, 0.1) is 18.2 Å². The Bertz CT molecular complexity index is 839. The van der Waals surface area contributed by atoms with E-state index < -0.39 is 0 Å². The first-order valence-electron chi connectivity index (χ1n) is 8.51. The van der Waals surface area contributed by atoms with E-state index in [0.29, 0.717) is 11.5 Å². The zero-order valence-corrected chi connectivity index (χ0v) is 14.7. The van der Waals surface area contributed by atoms with Gasteiger partial charge in [-0.15, -0.1) is 0 Å². The van der Waals surface area contributed by atoms with Crippen LogP contribution in [0.1, 0.15) is 61.0 Å². The van der Waals surface area contributed by atoms with E-state index in [4.69, 9.17) is 4.74 Å². The molecule has 0 spiro atoms. The molecule has 4 rings (SSSR count). The first-order chi connectivity index (χ1) is 11.4. The Morgan fingerprint density at radius 3 is 2.88 bits per heavy atom. The largest absolute Gasteiger partial charge is 0.465 e. The van der Waals surface area contributed by atoms with Gasteiger partial charge in [-0.2, -0.15) is 0 Å². The maximum atomic E-state index is 12.1. The van der Waals surface area contributed by atoms with Gasteiger partial charge in [0.2, 0.25) is 0 Å². The van der Waals surface area contributed by atoms with Crippen LogP contribution in [-0.4, -0.2) is 18.6 Å². The number of fused-ring (bicyclic) bond motifs is 3. The number of dihydropyridines is 1. The lowest BCUT2D eigenvalue weighted by atomic mass is 9.76. The summed E-state index contributed by atoms with van der Waals surface area (Å²) in [5.41, 5.74) is 8.54. The van der Waals surface area contributed by atoms with Crippen LogP contribution in [0, 0.1) is 0 Å². The first-order valence-corrected chi connectivity index (χ1v) is 8.51. The smallest absolute Gasteiger partial charge is 0.338 e. The number of nitrogens with one attached hydrogen (secondary N) is 1. The molecule has 0 aromatic heterocycles. The van der Waals surface area contributed by atoms with Crippen LogP contribution in [0.25, 0.3) is 6.08 Å². The van der Waals surface area contributed by atoms with Gasteiger partial charge in [-0.25, -0.2) is 4.79 Å². The molecular weight excluding hydrogens is 298 g/mol. The molecule has 0 saturated carbocycles. The van der Waals surface area contributed by atoms with Gasteiger partial charge < -0.3 is 10.1 Å². The van der Waals surface area contributed by atoms with Crippen LogP contribution in [0.5, 0.6) is 0 Å². The molecule has 3 aliphatic rings. The molecule has 1 aromatic rings. The molecule has 0 fully saturated rings. The van der Waals surface area contributed by atoms with E-state index in [2.05, 4.69) is 44.3 Å². The second-order valence-corrected chi connectivity index (χ2v) is 7.58. The van der Waals surface area contributed by atoms with Crippen molar-refractivity contribution in [2.75, 3.05) is 7.11 Å². The van der Waals surface area contributed by atoms with Crippen molar-refractivity contribution in [2.24, 2.45) is 0 Å². The van der Waals surface area contributed by atoms with Gasteiger partial charge in [-0.05, 0) is 55.5 Å². The number of benzene rings is 1. The van der Waals surface area contributed by atoms with Crippen LogP contribution >= 0.6 is 0 Å². The molecule has 1 aliphatic heterocycles. The minimum absolute atomic E-state index is 0.00105. The van der Waals surface area contributed by atoms with Crippen molar-refractivity contribution in [1.29, 1.82) is 0 Å². The maximum Gasteiger partial charge on any atom is 0.338 e. The Labute approximate surface area is 143 Å². The van der Waals surface area contributed by atoms with Gasteiger partial charge >= 0.3 is 5.97 Å². The third-order valence-electron chi connectivity index (χ3n) is 5.38. The minimum Gasteiger partial charge on any atom is -0.465 e. The number of methoxy groups -OCH3 is 1. The van der Waals surface area contributed by atoms with Crippen molar-refractivity contribution in [3.8, 4) is 0 Å². The van der Waals surface area contributed by atoms with E-state index in [1.165, 1.54) is 35.1 Å². The monoisotopic (exact) mass is 321 g/mol. The fraction of sp³-hybridized carbons (Fsp3) is 0.381. The van der Waals surface area contributed by atoms with E-state index >= 15 is 0 Å². The van der Waals surface area contributed by atoms with Crippen LogP contribution in [0.3, 0.4) is 0 Å². The number of hydrogen-bond acceptors (Lipinski definition) is 3. The van der Waals surface area contributed by atoms with E-state index in [-0.39, 0.29) is 11.5 Å². The topological polar surface area (TPSA) is 38.3 Å². The SMILES string of the molecule is COC(=O)c1cccc2c1C=C1CC3=C(CC12)C(C)=CC(C)(C)N3. The van der Waals surface area contributed by atoms with E-state index in [1.807, 2.05) is 12.1 Å². The summed E-state index contributed by atoms with van der Waals surface area (Å²) < 4.78 is 4.95. The quantitative estimate of drug-likeness (QED) is 0.782. The molecule has 3 heteroatoms. The molecule has 3 nitrogen and oxygen atoms in total. The minimum atomic E-state index is -0.254. The lowest BCUT2D eigenvalue weighted by Gasteiger charge is -2.38. The molecule has 0 radical (unpaired) electrons. The molecule has 124 valence electrons. The van der Waals surface area contributed by atoms with Crippen molar-refractivity contribution < 1.29 is 9.53 Å². The van der Waals surface area contributed by atoms with Crippen LogP contribution < -0.4 is 5.32 Å². The highest BCUT2D eigenvalue weighted by Gasteiger charge is 2.36. The summed E-state index contributed by atoms with van der Waals surface area (Å²) in [6.45, 7) is 6.63. The van der Waals surface area contributed by atoms with E-state index in [1.54, 1.807) is 0 Å². The summed E-state index contributed by atoms with van der Waals surface area (Å²) in [7, 11) is 1.44. The second kappa shape index (κ2) is 5.10. The summed E-state index contributed by atoms with van der Waals surface area (Å²) in [6, 6.07) is 5.98. The average Bonchev–Trinajstić information content (AvgIpc) is 2.88. The number of carbonyl (C=O) groups excluding carboxylic acids is 1. The molecule has 1 aromatic carbocycles.